The molecule has 182 valence electrons. The van der Waals surface area contributed by atoms with Gasteiger partial charge in [-0.2, -0.15) is 0 Å². The predicted octanol–water partition coefficient (Wildman–Crippen LogP) is 6.82. The summed E-state index contributed by atoms with van der Waals surface area (Å²) in [5.74, 6) is -0.689. The number of esters is 2. The minimum absolute atomic E-state index is 0.189. The highest BCUT2D eigenvalue weighted by atomic mass is 127. The van der Waals surface area contributed by atoms with Crippen LogP contribution in [0, 0.1) is 7.14 Å². The van der Waals surface area contributed by atoms with Gasteiger partial charge in [0.1, 0.15) is 0 Å². The Bertz CT molecular complexity index is 991. The van der Waals surface area contributed by atoms with Crippen molar-refractivity contribution in [1.82, 2.24) is 0 Å². The van der Waals surface area contributed by atoms with E-state index < -0.39 is 13.6 Å². The van der Waals surface area contributed by atoms with Crippen LogP contribution in [0.3, 0.4) is 0 Å². The minimum Gasteiger partial charge on any atom is -0.465 e. The fourth-order valence-electron chi connectivity index (χ4n) is 2.55. The van der Waals surface area contributed by atoms with Gasteiger partial charge in [0.15, 0.2) is 0 Å². The Morgan fingerprint density at radius 2 is 1.27 bits per heavy atom. The SMILES string of the molecule is CCOP(=O)(Cc1ccc(C(=O)OC)cc1I)OCC.COC(=O)c1ccc(CBr)c(I)c1. The van der Waals surface area contributed by atoms with Crippen molar-refractivity contribution in [2.24, 2.45) is 0 Å². The first-order chi connectivity index (χ1) is 15.6. The van der Waals surface area contributed by atoms with Crippen LogP contribution >= 0.6 is 68.7 Å². The van der Waals surface area contributed by atoms with Crippen molar-refractivity contribution in [3.63, 3.8) is 0 Å². The molecule has 0 saturated carbocycles. The zero-order chi connectivity index (χ0) is 25.0. The monoisotopic (exact) mass is 766 g/mol. The third-order valence-corrected chi connectivity index (χ3v) is 8.75. The van der Waals surface area contributed by atoms with Crippen LogP contribution in [0.2, 0.25) is 0 Å². The summed E-state index contributed by atoms with van der Waals surface area (Å²) in [5, 5.41) is 0.798. The molecule has 0 unspecified atom stereocenters. The Labute approximate surface area is 230 Å². The zero-order valence-corrected chi connectivity index (χ0v) is 25.5. The van der Waals surface area contributed by atoms with Crippen LogP contribution < -0.4 is 0 Å². The first kappa shape index (κ1) is 30.5. The van der Waals surface area contributed by atoms with Crippen LogP contribution in [-0.4, -0.2) is 39.4 Å². The molecule has 0 spiro atoms. The molecule has 0 aliphatic heterocycles. The lowest BCUT2D eigenvalue weighted by Gasteiger charge is -2.17. The van der Waals surface area contributed by atoms with Gasteiger partial charge in [0, 0.05) is 12.5 Å². The molecule has 0 fully saturated rings. The third-order valence-electron chi connectivity index (χ3n) is 4.11. The van der Waals surface area contributed by atoms with Crippen molar-refractivity contribution in [3.8, 4) is 0 Å². The first-order valence-electron chi connectivity index (χ1n) is 9.82. The van der Waals surface area contributed by atoms with E-state index in [2.05, 4.69) is 70.6 Å². The van der Waals surface area contributed by atoms with E-state index in [1.807, 2.05) is 12.1 Å². The normalized spacial score (nSPS) is 10.8. The molecule has 0 aromatic heterocycles. The summed E-state index contributed by atoms with van der Waals surface area (Å²) < 4.78 is 34.2. The molecular weight excluding hydrogens is 741 g/mol. The number of benzene rings is 2. The molecular formula is C22H26BrI2O7P. The lowest BCUT2D eigenvalue weighted by molar-refractivity contribution is 0.0591. The second-order valence-electron chi connectivity index (χ2n) is 6.33. The molecule has 7 nitrogen and oxygen atoms in total. The molecule has 0 atom stereocenters. The van der Waals surface area contributed by atoms with Crippen molar-refractivity contribution < 1.29 is 32.7 Å². The Balaban J connectivity index is 0.000000361. The minimum atomic E-state index is -3.13. The number of halogens is 3. The maximum absolute atomic E-state index is 12.5. The van der Waals surface area contributed by atoms with Crippen molar-refractivity contribution in [3.05, 3.63) is 65.8 Å². The van der Waals surface area contributed by atoms with E-state index in [-0.39, 0.29) is 12.1 Å². The predicted molar refractivity (Wildman–Crippen MR) is 148 cm³/mol. The Hall–Kier alpha value is -0.530. The van der Waals surface area contributed by atoms with Crippen molar-refractivity contribution in [2.75, 3.05) is 27.4 Å². The van der Waals surface area contributed by atoms with Gasteiger partial charge in [-0.15, -0.1) is 0 Å². The fraction of sp³-hybridized carbons (Fsp3) is 0.364. The maximum Gasteiger partial charge on any atom is 0.337 e. The molecule has 33 heavy (non-hydrogen) atoms. The van der Waals surface area contributed by atoms with E-state index in [9.17, 15) is 14.2 Å². The van der Waals surface area contributed by atoms with Crippen molar-refractivity contribution >= 4 is 80.6 Å². The number of alkyl halides is 1. The van der Waals surface area contributed by atoms with Crippen LogP contribution in [0.15, 0.2) is 36.4 Å². The summed E-state index contributed by atoms with van der Waals surface area (Å²) in [6.45, 7) is 4.20. The molecule has 0 heterocycles. The smallest absolute Gasteiger partial charge is 0.337 e. The summed E-state index contributed by atoms with van der Waals surface area (Å²) >= 11 is 7.66. The molecule has 0 aliphatic rings. The summed E-state index contributed by atoms with van der Waals surface area (Å²) in [5.41, 5.74) is 3.05. The topological polar surface area (TPSA) is 88.1 Å². The molecule has 2 aromatic rings. The van der Waals surface area contributed by atoms with Crippen LogP contribution in [0.1, 0.15) is 45.7 Å². The standard InChI is InChI=1S/C13H18IO5P.C9H8BrIO2/c1-4-18-20(16,19-5-2)9-11-7-6-10(8-12(11)14)13(15)17-3;1-13-9(12)6-2-3-7(5-10)8(11)4-6/h6-8H,4-5,9H2,1-3H3;2-4H,5H2,1H3. The van der Waals surface area contributed by atoms with Crippen LogP contribution in [0.5, 0.6) is 0 Å². The molecule has 2 aromatic carbocycles. The fourth-order valence-corrected chi connectivity index (χ4v) is 7.02. The van der Waals surface area contributed by atoms with Gasteiger partial charge in [-0.1, -0.05) is 28.1 Å². The quantitative estimate of drug-likeness (QED) is 0.120. The van der Waals surface area contributed by atoms with Crippen LogP contribution in [-0.2, 0) is 34.6 Å². The lowest BCUT2D eigenvalue weighted by atomic mass is 10.1. The van der Waals surface area contributed by atoms with Crippen molar-refractivity contribution in [2.45, 2.75) is 25.3 Å². The van der Waals surface area contributed by atoms with Gasteiger partial charge in [0.2, 0.25) is 0 Å². The average molecular weight is 767 g/mol. The Kier molecular flexibility index (Phi) is 14.3. The highest BCUT2D eigenvalue weighted by Gasteiger charge is 2.25. The number of rotatable bonds is 9. The van der Waals surface area contributed by atoms with Gasteiger partial charge in [0.05, 0.1) is 44.7 Å². The van der Waals surface area contributed by atoms with Gasteiger partial charge in [-0.3, -0.25) is 4.57 Å². The molecule has 0 amide bonds. The highest BCUT2D eigenvalue weighted by Crippen LogP contribution is 2.51. The zero-order valence-electron chi connectivity index (χ0n) is 18.7. The summed E-state index contributed by atoms with van der Waals surface area (Å²) in [6, 6.07) is 10.6. The highest BCUT2D eigenvalue weighted by molar-refractivity contribution is 14.1. The van der Waals surface area contributed by atoms with E-state index >= 15 is 0 Å². The van der Waals surface area contributed by atoms with Gasteiger partial charge in [-0.05, 0) is 94.4 Å². The maximum atomic E-state index is 12.5. The van der Waals surface area contributed by atoms with Gasteiger partial charge < -0.3 is 18.5 Å². The average Bonchev–Trinajstić information content (AvgIpc) is 2.80. The number of carbonyl (C=O) groups excluding carboxylic acids is 2. The lowest BCUT2D eigenvalue weighted by Crippen LogP contribution is -2.04. The van der Waals surface area contributed by atoms with E-state index in [1.54, 1.807) is 38.1 Å². The van der Waals surface area contributed by atoms with E-state index in [0.717, 1.165) is 18.0 Å². The second kappa shape index (κ2) is 15.5. The summed E-state index contributed by atoms with van der Waals surface area (Å²) in [6.07, 6.45) is 0.189. The van der Waals surface area contributed by atoms with Crippen LogP contribution in [0.25, 0.3) is 0 Å². The number of carbonyl (C=O) groups is 2. The van der Waals surface area contributed by atoms with Gasteiger partial charge in [0.25, 0.3) is 0 Å². The van der Waals surface area contributed by atoms with E-state index in [1.165, 1.54) is 19.8 Å². The third kappa shape index (κ3) is 9.93. The molecule has 11 heteroatoms. The molecule has 0 aliphatic carbocycles. The first-order valence-corrected chi connectivity index (χ1v) is 14.8. The van der Waals surface area contributed by atoms with E-state index in [4.69, 9.17) is 9.05 Å². The van der Waals surface area contributed by atoms with Crippen LogP contribution in [0.4, 0.5) is 0 Å². The number of ether oxygens (including phenoxy) is 2. The van der Waals surface area contributed by atoms with E-state index in [0.29, 0.717) is 24.3 Å². The number of methoxy groups -OCH3 is 2. The molecule has 0 saturated heterocycles. The van der Waals surface area contributed by atoms with Crippen molar-refractivity contribution in [1.29, 1.82) is 0 Å². The summed E-state index contributed by atoms with van der Waals surface area (Å²) in [4.78, 5) is 22.6. The molecule has 0 radical (unpaired) electrons. The Morgan fingerprint density at radius 1 is 0.848 bits per heavy atom. The molecule has 2 rings (SSSR count). The molecule has 0 N–H and O–H groups in total. The van der Waals surface area contributed by atoms with Gasteiger partial charge in [-0.25, -0.2) is 9.59 Å². The largest absolute Gasteiger partial charge is 0.465 e. The second-order valence-corrected chi connectivity index (χ2v) is 11.3. The van der Waals surface area contributed by atoms with Gasteiger partial charge >= 0.3 is 19.5 Å². The number of hydrogen-bond donors (Lipinski definition) is 0. The Morgan fingerprint density at radius 3 is 1.61 bits per heavy atom. The number of hydrogen-bond acceptors (Lipinski definition) is 7. The molecule has 0 bridgehead atoms. The summed E-state index contributed by atoms with van der Waals surface area (Å²) in [7, 11) is -0.418.